The highest BCUT2D eigenvalue weighted by molar-refractivity contribution is 7.14. The molecule has 2 nitrogen and oxygen atoms in total. The van der Waals surface area contributed by atoms with Crippen molar-refractivity contribution in [2.24, 2.45) is 5.16 Å². The predicted octanol–water partition coefficient (Wildman–Crippen LogP) is 6.43. The molecule has 2 aromatic rings. The number of alkyl halides is 3. The fourth-order valence-corrected chi connectivity index (χ4v) is 5.46. The molecule has 0 spiro atoms. The van der Waals surface area contributed by atoms with E-state index < -0.39 is 11.8 Å². The second-order valence-corrected chi connectivity index (χ2v) is 8.68. The van der Waals surface area contributed by atoms with Crippen molar-refractivity contribution in [3.05, 3.63) is 54.7 Å². The molecule has 0 bridgehead atoms. The Morgan fingerprint density at radius 1 is 1.12 bits per heavy atom. The zero-order valence-corrected chi connectivity index (χ0v) is 16.0. The van der Waals surface area contributed by atoms with Crippen LogP contribution in [-0.2, 0) is 23.3 Å². The molecule has 138 valence electrons. The first-order valence-corrected chi connectivity index (χ1v) is 9.68. The molecular weight excluding hydrogens is 406 g/mol. The maximum Gasteiger partial charge on any atom is 0.435 e. The van der Waals surface area contributed by atoms with Gasteiger partial charge in [-0.05, 0) is 55.5 Å². The van der Waals surface area contributed by atoms with Crippen LogP contribution in [0.5, 0.6) is 0 Å². The van der Waals surface area contributed by atoms with E-state index in [0.29, 0.717) is 5.71 Å². The third-order valence-corrected chi connectivity index (χ3v) is 6.62. The molecule has 0 saturated carbocycles. The van der Waals surface area contributed by atoms with Crippen LogP contribution in [0.2, 0.25) is 10.0 Å². The van der Waals surface area contributed by atoms with Crippen LogP contribution in [-0.4, -0.2) is 11.9 Å². The molecular formula is C18H14Cl2F3NOS. The van der Waals surface area contributed by atoms with Crippen molar-refractivity contribution in [1.29, 1.82) is 0 Å². The molecule has 1 aliphatic heterocycles. The molecule has 2 heterocycles. The highest BCUT2D eigenvalue weighted by Gasteiger charge is 2.62. The van der Waals surface area contributed by atoms with Gasteiger partial charge in [-0.1, -0.05) is 28.4 Å². The third-order valence-electron chi connectivity index (χ3n) is 4.95. The van der Waals surface area contributed by atoms with Gasteiger partial charge in [0.2, 0.25) is 0 Å². The molecule has 4 rings (SSSR count). The van der Waals surface area contributed by atoms with Crippen molar-refractivity contribution in [2.75, 3.05) is 0 Å². The number of aryl methyl sites for hydroxylation is 1. The summed E-state index contributed by atoms with van der Waals surface area (Å²) in [7, 11) is 0. The van der Waals surface area contributed by atoms with Gasteiger partial charge in [-0.2, -0.15) is 13.2 Å². The zero-order valence-electron chi connectivity index (χ0n) is 13.7. The first kappa shape index (κ1) is 18.1. The highest BCUT2D eigenvalue weighted by atomic mass is 35.5. The maximum absolute atomic E-state index is 14.1. The number of nitrogens with zero attached hydrogens (tertiary/aromatic N) is 1. The Bertz CT molecular complexity index is 902. The van der Waals surface area contributed by atoms with Crippen LogP contribution >= 0.6 is 34.5 Å². The molecule has 0 radical (unpaired) electrons. The first-order valence-electron chi connectivity index (χ1n) is 8.11. The fourth-order valence-electron chi connectivity index (χ4n) is 3.70. The second-order valence-electron chi connectivity index (χ2n) is 6.59. The minimum Gasteiger partial charge on any atom is -0.374 e. The summed E-state index contributed by atoms with van der Waals surface area (Å²) in [5.74, 6) is 0. The van der Waals surface area contributed by atoms with Crippen LogP contribution in [0.25, 0.3) is 0 Å². The summed E-state index contributed by atoms with van der Waals surface area (Å²) >= 11 is 13.4. The monoisotopic (exact) mass is 419 g/mol. The van der Waals surface area contributed by atoms with E-state index in [1.54, 1.807) is 0 Å². The van der Waals surface area contributed by atoms with Crippen LogP contribution in [0.15, 0.2) is 23.4 Å². The lowest BCUT2D eigenvalue weighted by atomic mass is 9.87. The van der Waals surface area contributed by atoms with Crippen molar-refractivity contribution in [3.8, 4) is 0 Å². The van der Waals surface area contributed by atoms with Crippen LogP contribution in [0.1, 0.15) is 39.3 Å². The highest BCUT2D eigenvalue weighted by Crippen LogP contribution is 2.51. The van der Waals surface area contributed by atoms with E-state index in [4.69, 9.17) is 28.0 Å². The largest absolute Gasteiger partial charge is 0.435 e. The van der Waals surface area contributed by atoms with E-state index in [-0.39, 0.29) is 22.0 Å². The van der Waals surface area contributed by atoms with Crippen LogP contribution in [0.3, 0.4) is 0 Å². The van der Waals surface area contributed by atoms with Crippen molar-refractivity contribution in [2.45, 2.75) is 44.4 Å². The van der Waals surface area contributed by atoms with Gasteiger partial charge >= 0.3 is 6.18 Å². The summed E-state index contributed by atoms with van der Waals surface area (Å²) in [6.07, 6.45) is -2.19. The summed E-state index contributed by atoms with van der Waals surface area (Å²) in [6, 6.07) is 3.87. The predicted molar refractivity (Wildman–Crippen MR) is 97.5 cm³/mol. The van der Waals surface area contributed by atoms with Crippen LogP contribution in [0.4, 0.5) is 13.2 Å². The van der Waals surface area contributed by atoms with Crippen LogP contribution < -0.4 is 0 Å². The van der Waals surface area contributed by atoms with E-state index in [0.717, 1.165) is 34.6 Å². The molecule has 1 aliphatic carbocycles. The Labute approximate surface area is 162 Å². The minimum atomic E-state index is -4.66. The van der Waals surface area contributed by atoms with Gasteiger partial charge in [0.15, 0.2) is 0 Å². The average Bonchev–Trinajstić information content (AvgIpc) is 3.22. The summed E-state index contributed by atoms with van der Waals surface area (Å²) in [6.45, 7) is 2.00. The van der Waals surface area contributed by atoms with E-state index >= 15 is 0 Å². The Kier molecular flexibility index (Phi) is 4.29. The van der Waals surface area contributed by atoms with Gasteiger partial charge in [-0.15, -0.1) is 11.3 Å². The number of rotatable bonds is 2. The summed E-state index contributed by atoms with van der Waals surface area (Å²) in [4.78, 5) is 7.05. The van der Waals surface area contributed by atoms with Crippen molar-refractivity contribution < 1.29 is 18.0 Å². The average molecular weight is 420 g/mol. The topological polar surface area (TPSA) is 21.6 Å². The normalized spacial score (nSPS) is 22.3. The molecule has 0 fully saturated rings. The smallest absolute Gasteiger partial charge is 0.374 e. The molecule has 1 aromatic carbocycles. The molecule has 1 unspecified atom stereocenters. The Morgan fingerprint density at radius 2 is 1.77 bits per heavy atom. The quantitative estimate of drug-likeness (QED) is 0.548. The molecule has 0 amide bonds. The van der Waals surface area contributed by atoms with Crippen molar-refractivity contribution in [3.63, 3.8) is 0 Å². The number of fused-ring (bicyclic) bond motifs is 1. The lowest BCUT2D eigenvalue weighted by Crippen LogP contribution is -2.42. The van der Waals surface area contributed by atoms with Gasteiger partial charge in [-0.3, -0.25) is 0 Å². The zero-order chi connectivity index (χ0) is 18.7. The Hall–Kier alpha value is -1.24. The van der Waals surface area contributed by atoms with Gasteiger partial charge in [-0.25, -0.2) is 0 Å². The molecule has 8 heteroatoms. The number of halogens is 5. The Balaban J connectivity index is 1.77. The fraction of sp³-hybridized carbons (Fsp3) is 0.389. The third kappa shape index (κ3) is 2.74. The van der Waals surface area contributed by atoms with E-state index in [1.807, 2.05) is 6.92 Å². The summed E-state index contributed by atoms with van der Waals surface area (Å²) in [5.41, 5.74) is 0.0149. The SMILES string of the molecule is Cc1sc(C2=NOC(c3cc(Cl)cc(Cl)c3)(C(F)(F)F)C2)c2c1CCC2. The van der Waals surface area contributed by atoms with Gasteiger partial charge in [0.25, 0.3) is 5.60 Å². The van der Waals surface area contributed by atoms with Gasteiger partial charge in [0.05, 0.1) is 11.3 Å². The number of hydrogen-bond acceptors (Lipinski definition) is 3. The lowest BCUT2D eigenvalue weighted by Gasteiger charge is -2.29. The number of thiophene rings is 1. The first-order chi connectivity index (χ1) is 12.2. The Morgan fingerprint density at radius 3 is 2.42 bits per heavy atom. The van der Waals surface area contributed by atoms with Gasteiger partial charge < -0.3 is 4.84 Å². The molecule has 0 N–H and O–H groups in total. The van der Waals surface area contributed by atoms with Gasteiger partial charge in [0.1, 0.15) is 5.71 Å². The number of oxime groups is 1. The van der Waals surface area contributed by atoms with E-state index in [1.165, 1.54) is 35.1 Å². The summed E-state index contributed by atoms with van der Waals surface area (Å²) in [5, 5.41) is 4.13. The van der Waals surface area contributed by atoms with E-state index in [2.05, 4.69) is 5.16 Å². The molecule has 0 saturated heterocycles. The van der Waals surface area contributed by atoms with Crippen molar-refractivity contribution >= 4 is 40.3 Å². The minimum absolute atomic E-state index is 0.126. The van der Waals surface area contributed by atoms with E-state index in [9.17, 15) is 13.2 Å². The molecule has 26 heavy (non-hydrogen) atoms. The number of benzene rings is 1. The van der Waals surface area contributed by atoms with Crippen molar-refractivity contribution in [1.82, 2.24) is 0 Å². The molecule has 1 atom stereocenters. The van der Waals surface area contributed by atoms with Gasteiger partial charge in [0, 0.05) is 20.5 Å². The number of hydrogen-bond donors (Lipinski definition) is 0. The standard InChI is InChI=1S/C18H14Cl2F3NOS/c1-9-13-3-2-4-14(13)16(26-9)15-8-17(25-24-15,18(21,22)23)10-5-11(19)7-12(20)6-10/h5-7H,2-4,8H2,1H3. The maximum atomic E-state index is 14.1. The molecule has 1 aromatic heterocycles. The lowest BCUT2D eigenvalue weighted by molar-refractivity contribution is -0.275. The molecule has 2 aliphatic rings. The van der Waals surface area contributed by atoms with Crippen LogP contribution in [0, 0.1) is 6.92 Å². The second kappa shape index (κ2) is 6.14. The summed E-state index contributed by atoms with van der Waals surface area (Å²) < 4.78 is 42.2.